The van der Waals surface area contributed by atoms with E-state index >= 15 is 0 Å². The quantitative estimate of drug-likeness (QED) is 0.729. The molecule has 0 N–H and O–H groups in total. The maximum absolute atomic E-state index is 12.5. The summed E-state index contributed by atoms with van der Waals surface area (Å²) in [5, 5.41) is 0.193. The second-order valence-corrected chi connectivity index (χ2v) is 5.88. The minimum Gasteiger partial charge on any atom is -0.333 e. The van der Waals surface area contributed by atoms with E-state index in [2.05, 4.69) is 20.6 Å². The highest BCUT2D eigenvalue weighted by atomic mass is 32.2. The first-order chi connectivity index (χ1) is 10.3. The molecule has 5 nitrogen and oxygen atoms in total. The van der Waals surface area contributed by atoms with Crippen LogP contribution in [0.2, 0.25) is 0 Å². The Labute approximate surface area is 125 Å². The zero-order valence-electron chi connectivity index (χ0n) is 11.1. The number of rotatable bonds is 2. The van der Waals surface area contributed by atoms with Crippen LogP contribution in [0.5, 0.6) is 0 Å². The Bertz CT molecular complexity index is 779. The van der Waals surface area contributed by atoms with Crippen molar-refractivity contribution in [3.05, 3.63) is 72.3 Å². The smallest absolute Gasteiger partial charge is 0.264 e. The van der Waals surface area contributed by atoms with E-state index in [4.69, 9.17) is 0 Å². The monoisotopic (exact) mass is 296 g/mol. The van der Waals surface area contributed by atoms with Crippen molar-refractivity contribution in [2.24, 2.45) is 0 Å². The first-order valence-corrected chi connectivity index (χ1v) is 7.63. The molecule has 0 aliphatic carbocycles. The predicted molar refractivity (Wildman–Crippen MR) is 80.1 cm³/mol. The lowest BCUT2D eigenvalue weighted by Gasteiger charge is -2.11. The van der Waals surface area contributed by atoms with Crippen molar-refractivity contribution in [2.45, 2.75) is 11.1 Å². The summed E-state index contributed by atoms with van der Waals surface area (Å²) in [5.74, 6) is 0.788. The number of nitrogens with zero attached hydrogens (tertiary/aromatic N) is 4. The van der Waals surface area contributed by atoms with Crippen LogP contribution >= 0.6 is 11.8 Å². The van der Waals surface area contributed by atoms with E-state index in [1.807, 2.05) is 24.5 Å². The third-order valence-corrected chi connectivity index (χ3v) is 4.85. The molecule has 21 heavy (non-hydrogen) atoms. The van der Waals surface area contributed by atoms with Crippen LogP contribution < -0.4 is 0 Å². The molecule has 1 aliphatic rings. The Morgan fingerprint density at radius 1 is 1.24 bits per heavy atom. The molecule has 1 aliphatic heterocycles. The number of imidazole rings is 1. The summed E-state index contributed by atoms with van der Waals surface area (Å²) in [6.07, 6.45) is 10.5. The van der Waals surface area contributed by atoms with Crippen LogP contribution in [0.15, 0.2) is 55.5 Å². The summed E-state index contributed by atoms with van der Waals surface area (Å²) in [5.41, 5.74) is 2.96. The number of pyridine rings is 1. The van der Waals surface area contributed by atoms with E-state index in [9.17, 15) is 4.79 Å². The van der Waals surface area contributed by atoms with E-state index < -0.39 is 0 Å². The summed E-state index contributed by atoms with van der Waals surface area (Å²) in [4.78, 5) is 20.6. The molecule has 0 aromatic carbocycles. The number of hydrogen-bond acceptors (Lipinski definition) is 4. The Kier molecular flexibility index (Phi) is 2.89. The first kappa shape index (κ1) is 12.4. The summed E-state index contributed by atoms with van der Waals surface area (Å²) in [6, 6.07) is 5.90. The maximum atomic E-state index is 12.5. The molecule has 6 heteroatoms. The van der Waals surface area contributed by atoms with Crippen LogP contribution in [0.25, 0.3) is 0 Å². The number of aromatic nitrogens is 4. The van der Waals surface area contributed by atoms with Gasteiger partial charge in [0.05, 0.1) is 5.56 Å². The average Bonchev–Trinajstić information content (AvgIpc) is 3.24. The topological polar surface area (TPSA) is 52.7 Å². The van der Waals surface area contributed by atoms with Crippen molar-refractivity contribution < 1.29 is 4.79 Å². The molecule has 0 amide bonds. The van der Waals surface area contributed by atoms with E-state index in [0.717, 1.165) is 22.6 Å². The molecule has 0 bridgehead atoms. The summed E-state index contributed by atoms with van der Waals surface area (Å²) >= 11 is 1.81. The van der Waals surface area contributed by atoms with Crippen LogP contribution in [-0.2, 0) is 5.75 Å². The second kappa shape index (κ2) is 4.89. The van der Waals surface area contributed by atoms with Gasteiger partial charge in [0.2, 0.25) is 0 Å². The van der Waals surface area contributed by atoms with Gasteiger partial charge < -0.3 is 4.57 Å². The van der Waals surface area contributed by atoms with Gasteiger partial charge >= 0.3 is 0 Å². The third kappa shape index (κ3) is 1.99. The summed E-state index contributed by atoms with van der Waals surface area (Å²) < 4.78 is 3.67. The molecule has 4 rings (SSSR count). The molecule has 0 fully saturated rings. The molecular weight excluding hydrogens is 284 g/mol. The Balaban J connectivity index is 1.72. The molecule has 0 saturated carbocycles. The maximum Gasteiger partial charge on any atom is 0.264 e. The lowest BCUT2D eigenvalue weighted by molar-refractivity contribution is 0.0959. The van der Waals surface area contributed by atoms with Crippen LogP contribution in [0, 0.1) is 0 Å². The fraction of sp³-hybridized carbons (Fsp3) is 0.133. The highest BCUT2D eigenvalue weighted by Crippen LogP contribution is 2.41. The standard InChI is InChI=1S/C15H12N4OS/c20-14(18-7-5-17-10-18)12-3-6-19-13(12)9-21-15(19)11-2-1-4-16-8-11/h1-8,10,15H,9H2. The summed E-state index contributed by atoms with van der Waals surface area (Å²) in [6.45, 7) is 0. The van der Waals surface area contributed by atoms with Crippen LogP contribution in [0.4, 0.5) is 0 Å². The fourth-order valence-corrected chi connectivity index (χ4v) is 3.89. The highest BCUT2D eigenvalue weighted by Gasteiger charge is 2.28. The van der Waals surface area contributed by atoms with Gasteiger partial charge in [0.1, 0.15) is 11.7 Å². The molecule has 0 spiro atoms. The number of carbonyl (C=O) groups excluding carboxylic acids is 1. The molecule has 0 saturated heterocycles. The van der Waals surface area contributed by atoms with E-state index in [1.54, 1.807) is 30.4 Å². The Morgan fingerprint density at radius 3 is 2.95 bits per heavy atom. The Morgan fingerprint density at radius 2 is 2.19 bits per heavy atom. The molecule has 4 heterocycles. The van der Waals surface area contributed by atoms with Gasteiger partial charge in [0.15, 0.2) is 0 Å². The minimum atomic E-state index is -0.0336. The lowest BCUT2D eigenvalue weighted by atomic mass is 10.2. The largest absolute Gasteiger partial charge is 0.333 e. The van der Waals surface area contributed by atoms with Crippen LogP contribution in [0.3, 0.4) is 0 Å². The van der Waals surface area contributed by atoms with E-state index in [0.29, 0.717) is 0 Å². The van der Waals surface area contributed by atoms with E-state index in [1.165, 1.54) is 10.9 Å². The SMILES string of the molecule is O=C(c1ccn2c1CSC2c1cccnc1)n1ccnc1. The number of thioether (sulfide) groups is 1. The first-order valence-electron chi connectivity index (χ1n) is 6.58. The minimum absolute atomic E-state index is 0.0336. The molecule has 104 valence electrons. The normalized spacial score (nSPS) is 16.9. The van der Waals surface area contributed by atoms with Gasteiger partial charge in [0.25, 0.3) is 5.91 Å². The van der Waals surface area contributed by atoms with Crippen molar-refractivity contribution in [2.75, 3.05) is 0 Å². The van der Waals surface area contributed by atoms with Gasteiger partial charge in [0, 0.05) is 48.0 Å². The number of hydrogen-bond donors (Lipinski definition) is 0. The van der Waals surface area contributed by atoms with Gasteiger partial charge in [-0.25, -0.2) is 4.98 Å². The molecule has 3 aromatic rings. The highest BCUT2D eigenvalue weighted by molar-refractivity contribution is 7.99. The molecular formula is C15H12N4OS. The van der Waals surface area contributed by atoms with Gasteiger partial charge in [-0.1, -0.05) is 6.07 Å². The number of fused-ring (bicyclic) bond motifs is 1. The van der Waals surface area contributed by atoms with Crippen LogP contribution in [0.1, 0.15) is 27.0 Å². The van der Waals surface area contributed by atoms with Crippen molar-refractivity contribution in [1.29, 1.82) is 0 Å². The molecule has 0 radical (unpaired) electrons. The van der Waals surface area contributed by atoms with Gasteiger partial charge in [-0.15, -0.1) is 11.8 Å². The number of carbonyl (C=O) groups is 1. The average molecular weight is 296 g/mol. The lowest BCUT2D eigenvalue weighted by Crippen LogP contribution is -2.11. The Hall–Kier alpha value is -2.34. The zero-order chi connectivity index (χ0) is 14.2. The van der Waals surface area contributed by atoms with Crippen molar-refractivity contribution >= 4 is 17.7 Å². The second-order valence-electron chi connectivity index (χ2n) is 4.81. The van der Waals surface area contributed by atoms with Crippen molar-refractivity contribution in [1.82, 2.24) is 19.1 Å². The van der Waals surface area contributed by atoms with Crippen molar-refractivity contribution in [3.63, 3.8) is 0 Å². The van der Waals surface area contributed by atoms with Gasteiger partial charge in [-0.3, -0.25) is 14.3 Å². The third-order valence-electron chi connectivity index (χ3n) is 3.59. The van der Waals surface area contributed by atoms with E-state index in [-0.39, 0.29) is 11.3 Å². The van der Waals surface area contributed by atoms with Crippen molar-refractivity contribution in [3.8, 4) is 0 Å². The molecule has 1 atom stereocenters. The molecule has 1 unspecified atom stereocenters. The zero-order valence-corrected chi connectivity index (χ0v) is 11.9. The predicted octanol–water partition coefficient (Wildman–Crippen LogP) is 2.56. The van der Waals surface area contributed by atoms with Gasteiger partial charge in [-0.05, 0) is 12.1 Å². The van der Waals surface area contributed by atoms with Gasteiger partial charge in [-0.2, -0.15) is 0 Å². The molecule has 3 aromatic heterocycles. The summed E-state index contributed by atoms with van der Waals surface area (Å²) in [7, 11) is 0. The van der Waals surface area contributed by atoms with Crippen LogP contribution in [-0.4, -0.2) is 25.0 Å². The fourth-order valence-electron chi connectivity index (χ4n) is 2.58.